The van der Waals surface area contributed by atoms with Crippen molar-refractivity contribution in [2.75, 3.05) is 6.54 Å². The molecule has 3 rings (SSSR count). The maximum absolute atomic E-state index is 12.1. The zero-order chi connectivity index (χ0) is 15.5. The second-order valence-electron chi connectivity index (χ2n) is 4.86. The molecule has 0 saturated carbocycles. The predicted molar refractivity (Wildman–Crippen MR) is 79.5 cm³/mol. The first-order valence-electron chi connectivity index (χ1n) is 6.75. The molecule has 0 aliphatic rings. The van der Waals surface area contributed by atoms with Crippen LogP contribution in [0.4, 0.5) is 0 Å². The van der Waals surface area contributed by atoms with E-state index in [-0.39, 0.29) is 11.5 Å². The number of nitrogens with one attached hydrogen (secondary N) is 2. The lowest BCUT2D eigenvalue weighted by atomic mass is 10.2. The van der Waals surface area contributed by atoms with E-state index in [0.717, 1.165) is 0 Å². The molecule has 2 heterocycles. The topological polar surface area (TPSA) is 106 Å². The van der Waals surface area contributed by atoms with Gasteiger partial charge >= 0.3 is 0 Å². The summed E-state index contributed by atoms with van der Waals surface area (Å²) in [6.45, 7) is 2.41. The van der Waals surface area contributed by atoms with Crippen molar-refractivity contribution >= 4 is 16.9 Å². The monoisotopic (exact) mass is 298 g/mol. The van der Waals surface area contributed by atoms with E-state index in [1.807, 2.05) is 0 Å². The van der Waals surface area contributed by atoms with Crippen LogP contribution in [0.1, 0.15) is 15.9 Å². The van der Waals surface area contributed by atoms with E-state index in [0.29, 0.717) is 35.2 Å². The standard InChI is InChI=1S/C14H14N6O2/c1-9-7-15-8-20(14(9)22)5-4-16-13(21)10-2-3-11-12(6-10)18-19-17-11/h2-3,6-8H,4-5H2,1H3,(H,16,21)(H,17,18,19). The molecule has 1 aromatic carbocycles. The van der Waals surface area contributed by atoms with Gasteiger partial charge in [-0.25, -0.2) is 4.98 Å². The van der Waals surface area contributed by atoms with Crippen LogP contribution in [0.3, 0.4) is 0 Å². The third-order valence-corrected chi connectivity index (χ3v) is 3.29. The van der Waals surface area contributed by atoms with Gasteiger partial charge < -0.3 is 5.32 Å². The van der Waals surface area contributed by atoms with Gasteiger partial charge in [0, 0.05) is 30.4 Å². The lowest BCUT2D eigenvalue weighted by Crippen LogP contribution is -2.31. The number of H-pyrrole nitrogens is 1. The Morgan fingerprint density at radius 3 is 3.00 bits per heavy atom. The van der Waals surface area contributed by atoms with Crippen molar-refractivity contribution in [3.8, 4) is 0 Å². The highest BCUT2D eigenvalue weighted by Gasteiger charge is 2.08. The number of hydrogen-bond acceptors (Lipinski definition) is 5. The summed E-state index contributed by atoms with van der Waals surface area (Å²) >= 11 is 0. The summed E-state index contributed by atoms with van der Waals surface area (Å²) in [6.07, 6.45) is 2.98. The van der Waals surface area contributed by atoms with E-state index < -0.39 is 0 Å². The van der Waals surface area contributed by atoms with Crippen molar-refractivity contribution in [2.45, 2.75) is 13.5 Å². The van der Waals surface area contributed by atoms with E-state index in [1.54, 1.807) is 25.1 Å². The highest BCUT2D eigenvalue weighted by molar-refractivity contribution is 5.97. The minimum absolute atomic E-state index is 0.103. The second kappa shape index (κ2) is 5.76. The Bertz CT molecular complexity index is 882. The first kappa shape index (κ1) is 13.9. The molecular formula is C14H14N6O2. The minimum Gasteiger partial charge on any atom is -0.350 e. The SMILES string of the molecule is Cc1cncn(CCNC(=O)c2ccc3n[nH]nc3c2)c1=O. The maximum atomic E-state index is 12.1. The number of fused-ring (bicyclic) bond motifs is 1. The normalized spacial score (nSPS) is 10.8. The Kier molecular flexibility index (Phi) is 3.65. The van der Waals surface area contributed by atoms with Gasteiger partial charge in [0.2, 0.25) is 0 Å². The van der Waals surface area contributed by atoms with Gasteiger partial charge in [0.15, 0.2) is 0 Å². The van der Waals surface area contributed by atoms with Crippen LogP contribution in [-0.2, 0) is 6.54 Å². The summed E-state index contributed by atoms with van der Waals surface area (Å²) in [5.41, 5.74) is 2.30. The third-order valence-electron chi connectivity index (χ3n) is 3.29. The molecule has 0 saturated heterocycles. The zero-order valence-corrected chi connectivity index (χ0v) is 11.9. The summed E-state index contributed by atoms with van der Waals surface area (Å²) in [5.74, 6) is -0.224. The van der Waals surface area contributed by atoms with Crippen molar-refractivity contribution in [2.24, 2.45) is 0 Å². The molecule has 112 valence electrons. The molecule has 22 heavy (non-hydrogen) atoms. The highest BCUT2D eigenvalue weighted by Crippen LogP contribution is 2.10. The molecular weight excluding hydrogens is 284 g/mol. The number of nitrogens with zero attached hydrogens (tertiary/aromatic N) is 4. The van der Waals surface area contributed by atoms with Gasteiger partial charge in [-0.2, -0.15) is 15.4 Å². The van der Waals surface area contributed by atoms with Gasteiger partial charge in [0.1, 0.15) is 11.0 Å². The van der Waals surface area contributed by atoms with E-state index in [2.05, 4.69) is 25.7 Å². The van der Waals surface area contributed by atoms with Gasteiger partial charge in [-0.15, -0.1) is 0 Å². The first-order chi connectivity index (χ1) is 10.6. The largest absolute Gasteiger partial charge is 0.350 e. The number of carbonyl (C=O) groups excluding carboxylic acids is 1. The molecule has 0 spiro atoms. The molecule has 0 radical (unpaired) electrons. The number of aryl methyl sites for hydroxylation is 1. The number of benzene rings is 1. The summed E-state index contributed by atoms with van der Waals surface area (Å²) < 4.78 is 1.47. The quantitative estimate of drug-likeness (QED) is 0.718. The van der Waals surface area contributed by atoms with Gasteiger partial charge in [0.05, 0.1) is 6.33 Å². The van der Waals surface area contributed by atoms with E-state index >= 15 is 0 Å². The Hall–Kier alpha value is -3.03. The number of aromatic amines is 1. The van der Waals surface area contributed by atoms with Gasteiger partial charge in [0.25, 0.3) is 11.5 Å². The average Bonchev–Trinajstić information content (AvgIpc) is 2.98. The number of hydrogen-bond donors (Lipinski definition) is 2. The molecule has 0 bridgehead atoms. The van der Waals surface area contributed by atoms with Crippen molar-refractivity contribution in [3.63, 3.8) is 0 Å². The Morgan fingerprint density at radius 1 is 1.32 bits per heavy atom. The molecule has 8 heteroatoms. The lowest BCUT2D eigenvalue weighted by Gasteiger charge is -2.07. The lowest BCUT2D eigenvalue weighted by molar-refractivity contribution is 0.0952. The molecule has 0 aliphatic heterocycles. The number of amides is 1. The van der Waals surface area contributed by atoms with Crippen LogP contribution in [0, 0.1) is 6.92 Å². The van der Waals surface area contributed by atoms with Crippen LogP contribution in [0.5, 0.6) is 0 Å². The summed E-state index contributed by atoms with van der Waals surface area (Å²) in [6, 6.07) is 5.07. The van der Waals surface area contributed by atoms with Crippen LogP contribution in [-0.4, -0.2) is 37.4 Å². The van der Waals surface area contributed by atoms with E-state index in [1.165, 1.54) is 17.1 Å². The van der Waals surface area contributed by atoms with E-state index in [4.69, 9.17) is 0 Å². The minimum atomic E-state index is -0.224. The Balaban J connectivity index is 1.64. The maximum Gasteiger partial charge on any atom is 0.256 e. The fourth-order valence-corrected chi connectivity index (χ4v) is 2.09. The van der Waals surface area contributed by atoms with Crippen molar-refractivity contribution in [1.82, 2.24) is 30.3 Å². The summed E-state index contributed by atoms with van der Waals surface area (Å²) in [5, 5.41) is 13.1. The summed E-state index contributed by atoms with van der Waals surface area (Å²) in [4.78, 5) is 27.9. The van der Waals surface area contributed by atoms with Crippen LogP contribution in [0.25, 0.3) is 11.0 Å². The van der Waals surface area contributed by atoms with Crippen molar-refractivity contribution < 1.29 is 4.79 Å². The van der Waals surface area contributed by atoms with Crippen LogP contribution in [0.2, 0.25) is 0 Å². The molecule has 0 aliphatic carbocycles. The molecule has 2 aromatic heterocycles. The number of aromatic nitrogens is 5. The number of carbonyl (C=O) groups is 1. The molecule has 0 atom stereocenters. The molecule has 2 N–H and O–H groups in total. The molecule has 0 unspecified atom stereocenters. The van der Waals surface area contributed by atoms with Crippen LogP contribution in [0.15, 0.2) is 35.5 Å². The second-order valence-corrected chi connectivity index (χ2v) is 4.86. The highest BCUT2D eigenvalue weighted by atomic mass is 16.1. The van der Waals surface area contributed by atoms with E-state index in [9.17, 15) is 9.59 Å². The third kappa shape index (κ3) is 2.71. The Morgan fingerprint density at radius 2 is 2.14 bits per heavy atom. The Labute approximate surface area is 125 Å². The van der Waals surface area contributed by atoms with Crippen molar-refractivity contribution in [3.05, 3.63) is 52.2 Å². The summed E-state index contributed by atoms with van der Waals surface area (Å²) in [7, 11) is 0. The fourth-order valence-electron chi connectivity index (χ4n) is 2.09. The van der Waals surface area contributed by atoms with Gasteiger partial charge in [-0.1, -0.05) is 0 Å². The fraction of sp³-hybridized carbons (Fsp3) is 0.214. The molecule has 8 nitrogen and oxygen atoms in total. The van der Waals surface area contributed by atoms with Crippen LogP contribution >= 0.6 is 0 Å². The molecule has 1 amide bonds. The predicted octanol–water partition coefficient (Wildman–Crippen LogP) is 0.253. The smallest absolute Gasteiger partial charge is 0.256 e. The molecule has 3 aromatic rings. The first-order valence-corrected chi connectivity index (χ1v) is 6.75. The van der Waals surface area contributed by atoms with Gasteiger partial charge in [-0.3, -0.25) is 14.2 Å². The van der Waals surface area contributed by atoms with Gasteiger partial charge in [-0.05, 0) is 25.1 Å². The van der Waals surface area contributed by atoms with Crippen molar-refractivity contribution in [1.29, 1.82) is 0 Å². The number of rotatable bonds is 4. The zero-order valence-electron chi connectivity index (χ0n) is 11.9. The van der Waals surface area contributed by atoms with Crippen LogP contribution < -0.4 is 10.9 Å². The molecule has 0 fully saturated rings. The average molecular weight is 298 g/mol.